The molecule has 0 bridgehead atoms. The van der Waals surface area contributed by atoms with Crippen LogP contribution < -0.4 is 5.32 Å². The molecule has 0 saturated carbocycles. The van der Waals surface area contributed by atoms with Crippen molar-refractivity contribution >= 4 is 0 Å². The molecule has 0 amide bonds. The third kappa shape index (κ3) is 3.60. The summed E-state index contributed by atoms with van der Waals surface area (Å²) in [7, 11) is 0. The Morgan fingerprint density at radius 1 is 1.30 bits per heavy atom. The highest BCUT2D eigenvalue weighted by molar-refractivity contribution is 5.33. The zero-order valence-electron chi connectivity index (χ0n) is 12.8. The van der Waals surface area contributed by atoms with Crippen molar-refractivity contribution in [3.8, 4) is 5.69 Å². The molecule has 0 unspecified atom stereocenters. The van der Waals surface area contributed by atoms with Crippen LogP contribution in [0.15, 0.2) is 18.9 Å². The first-order valence-electron chi connectivity index (χ1n) is 6.82. The second kappa shape index (κ2) is 5.66. The highest BCUT2D eigenvalue weighted by atomic mass is 15.3. The average Bonchev–Trinajstić information content (AvgIpc) is 2.88. The molecule has 0 atom stereocenters. The summed E-state index contributed by atoms with van der Waals surface area (Å²) < 4.78 is 1.70. The van der Waals surface area contributed by atoms with Crippen LogP contribution in [0.25, 0.3) is 5.69 Å². The van der Waals surface area contributed by atoms with Crippen molar-refractivity contribution in [3.05, 3.63) is 30.4 Å². The first-order chi connectivity index (χ1) is 9.37. The van der Waals surface area contributed by atoms with Gasteiger partial charge in [0.15, 0.2) is 0 Å². The SMILES string of the molecule is CC(C)c1ncc(-n2cncn2)c(CNC(C)(C)C)n1. The largest absolute Gasteiger partial charge is 0.306 e. The van der Waals surface area contributed by atoms with Gasteiger partial charge in [0, 0.05) is 18.0 Å². The zero-order valence-corrected chi connectivity index (χ0v) is 12.8. The van der Waals surface area contributed by atoms with Crippen LogP contribution in [-0.4, -0.2) is 30.3 Å². The van der Waals surface area contributed by atoms with Crippen molar-refractivity contribution in [1.29, 1.82) is 0 Å². The Kier molecular flexibility index (Phi) is 4.13. The fourth-order valence-corrected chi connectivity index (χ4v) is 1.71. The van der Waals surface area contributed by atoms with Crippen molar-refractivity contribution < 1.29 is 0 Å². The Morgan fingerprint density at radius 3 is 2.60 bits per heavy atom. The Labute approximate surface area is 119 Å². The van der Waals surface area contributed by atoms with Crippen molar-refractivity contribution in [2.24, 2.45) is 0 Å². The molecule has 0 saturated heterocycles. The normalized spacial score (nSPS) is 12.1. The number of nitrogens with one attached hydrogen (secondary N) is 1. The molecule has 0 aliphatic rings. The van der Waals surface area contributed by atoms with Crippen molar-refractivity contribution in [3.63, 3.8) is 0 Å². The molecule has 2 rings (SSSR count). The number of hydrogen-bond donors (Lipinski definition) is 1. The maximum absolute atomic E-state index is 4.67. The topological polar surface area (TPSA) is 68.5 Å². The molecule has 20 heavy (non-hydrogen) atoms. The van der Waals surface area contributed by atoms with E-state index < -0.39 is 0 Å². The molecule has 2 aromatic heterocycles. The van der Waals surface area contributed by atoms with Crippen molar-refractivity contribution in [1.82, 2.24) is 30.0 Å². The lowest BCUT2D eigenvalue weighted by Gasteiger charge is -2.21. The second-order valence-electron chi connectivity index (χ2n) is 6.16. The summed E-state index contributed by atoms with van der Waals surface area (Å²) in [6.45, 7) is 11.2. The van der Waals surface area contributed by atoms with E-state index in [1.165, 1.54) is 6.33 Å². The maximum atomic E-state index is 4.67. The molecule has 0 aliphatic heterocycles. The van der Waals surface area contributed by atoms with Gasteiger partial charge in [0.1, 0.15) is 24.2 Å². The van der Waals surface area contributed by atoms with Crippen LogP contribution in [0.4, 0.5) is 0 Å². The van der Waals surface area contributed by atoms with Gasteiger partial charge in [-0.05, 0) is 20.8 Å². The van der Waals surface area contributed by atoms with Crippen molar-refractivity contribution in [2.75, 3.05) is 0 Å². The number of aromatic nitrogens is 5. The molecule has 1 N–H and O–H groups in total. The third-order valence-electron chi connectivity index (χ3n) is 2.83. The number of nitrogens with zero attached hydrogens (tertiary/aromatic N) is 5. The van der Waals surface area contributed by atoms with Gasteiger partial charge in [0.05, 0.1) is 11.9 Å². The summed E-state index contributed by atoms with van der Waals surface area (Å²) in [5, 5.41) is 7.62. The van der Waals surface area contributed by atoms with Gasteiger partial charge in [0.25, 0.3) is 0 Å². The van der Waals surface area contributed by atoms with Crippen molar-refractivity contribution in [2.45, 2.75) is 52.6 Å². The van der Waals surface area contributed by atoms with Crippen LogP contribution in [0.5, 0.6) is 0 Å². The van der Waals surface area contributed by atoms with E-state index in [-0.39, 0.29) is 5.54 Å². The molecule has 0 spiro atoms. The Morgan fingerprint density at radius 2 is 2.05 bits per heavy atom. The minimum absolute atomic E-state index is 0.0303. The molecule has 0 aromatic carbocycles. The summed E-state index contributed by atoms with van der Waals surface area (Å²) in [4.78, 5) is 13.1. The maximum Gasteiger partial charge on any atom is 0.138 e. The van der Waals surface area contributed by atoms with Gasteiger partial charge in [-0.3, -0.25) is 0 Å². The summed E-state index contributed by atoms with van der Waals surface area (Å²) in [5.74, 6) is 1.15. The zero-order chi connectivity index (χ0) is 14.8. The Hall–Kier alpha value is -1.82. The summed E-state index contributed by atoms with van der Waals surface area (Å²) >= 11 is 0. The molecule has 6 heteroatoms. The van der Waals surface area contributed by atoms with Crippen LogP contribution >= 0.6 is 0 Å². The van der Waals surface area contributed by atoms with Crippen LogP contribution in [0.2, 0.25) is 0 Å². The summed E-state index contributed by atoms with van der Waals surface area (Å²) in [6.07, 6.45) is 4.99. The number of hydrogen-bond acceptors (Lipinski definition) is 5. The quantitative estimate of drug-likeness (QED) is 0.924. The lowest BCUT2D eigenvalue weighted by atomic mass is 10.1. The summed E-state index contributed by atoms with van der Waals surface area (Å²) in [6, 6.07) is 0. The van der Waals surface area contributed by atoms with E-state index in [1.54, 1.807) is 11.0 Å². The molecule has 2 aromatic rings. The summed E-state index contributed by atoms with van der Waals surface area (Å²) in [5.41, 5.74) is 1.83. The van der Waals surface area contributed by atoms with E-state index in [1.807, 2.05) is 6.20 Å². The smallest absolute Gasteiger partial charge is 0.138 e. The second-order valence-corrected chi connectivity index (χ2v) is 6.16. The standard InChI is InChI=1S/C14H22N6/c1-10(2)13-16-7-12(20-9-15-8-18-20)11(19-13)6-17-14(3,4)5/h7-10,17H,6H2,1-5H3. The minimum Gasteiger partial charge on any atom is -0.306 e. The molecule has 2 heterocycles. The van der Waals surface area contributed by atoms with Crippen LogP contribution in [0.3, 0.4) is 0 Å². The lowest BCUT2D eigenvalue weighted by Crippen LogP contribution is -2.35. The van der Waals surface area contributed by atoms with Gasteiger partial charge in [-0.25, -0.2) is 19.6 Å². The predicted octanol–water partition coefficient (Wildman–Crippen LogP) is 2.07. The molecule has 0 aliphatic carbocycles. The van der Waals surface area contributed by atoms with E-state index >= 15 is 0 Å². The van der Waals surface area contributed by atoms with Gasteiger partial charge < -0.3 is 5.32 Å². The third-order valence-corrected chi connectivity index (χ3v) is 2.83. The first kappa shape index (κ1) is 14.6. The first-order valence-corrected chi connectivity index (χ1v) is 6.82. The molecular formula is C14H22N6. The molecule has 0 radical (unpaired) electrons. The predicted molar refractivity (Wildman–Crippen MR) is 77.6 cm³/mol. The fraction of sp³-hybridized carbons (Fsp3) is 0.571. The van der Waals surface area contributed by atoms with Gasteiger partial charge >= 0.3 is 0 Å². The average molecular weight is 274 g/mol. The minimum atomic E-state index is 0.0303. The van der Waals surface area contributed by atoms with Gasteiger partial charge in [-0.1, -0.05) is 13.8 Å². The van der Waals surface area contributed by atoms with Crippen LogP contribution in [0.1, 0.15) is 52.1 Å². The number of rotatable bonds is 4. The Bertz CT molecular complexity index is 554. The molecule has 108 valence electrons. The van der Waals surface area contributed by atoms with E-state index in [0.29, 0.717) is 12.5 Å². The molecule has 6 nitrogen and oxygen atoms in total. The van der Waals surface area contributed by atoms with Crippen LogP contribution in [-0.2, 0) is 6.54 Å². The highest BCUT2D eigenvalue weighted by Gasteiger charge is 2.15. The molecular weight excluding hydrogens is 252 g/mol. The van der Waals surface area contributed by atoms with Gasteiger partial charge in [-0.2, -0.15) is 5.10 Å². The fourth-order valence-electron chi connectivity index (χ4n) is 1.71. The van der Waals surface area contributed by atoms with E-state index in [2.05, 4.69) is 60.0 Å². The molecule has 0 fully saturated rings. The lowest BCUT2D eigenvalue weighted by molar-refractivity contribution is 0.419. The van der Waals surface area contributed by atoms with Gasteiger partial charge in [0.2, 0.25) is 0 Å². The monoisotopic (exact) mass is 274 g/mol. The van der Waals surface area contributed by atoms with Gasteiger partial charge in [-0.15, -0.1) is 0 Å². The Balaban J connectivity index is 2.36. The van der Waals surface area contributed by atoms with E-state index in [0.717, 1.165) is 17.2 Å². The van der Waals surface area contributed by atoms with Crippen LogP contribution in [0, 0.1) is 0 Å². The highest BCUT2D eigenvalue weighted by Crippen LogP contribution is 2.15. The van der Waals surface area contributed by atoms with E-state index in [4.69, 9.17) is 0 Å². The van der Waals surface area contributed by atoms with E-state index in [9.17, 15) is 0 Å².